The fraction of sp³-hybridized carbons (Fsp3) is 0.833. The predicted molar refractivity (Wildman–Crippen MR) is 64.5 cm³/mol. The van der Waals surface area contributed by atoms with Gasteiger partial charge < -0.3 is 14.5 Å². The molecule has 1 heterocycles. The van der Waals surface area contributed by atoms with E-state index in [9.17, 15) is 9.59 Å². The fourth-order valence-corrected chi connectivity index (χ4v) is 2.17. The Hall–Kier alpha value is -1.10. The molecule has 0 aromatic carbocycles. The average molecular weight is 242 g/mol. The van der Waals surface area contributed by atoms with Crippen molar-refractivity contribution in [3.8, 4) is 0 Å². The Morgan fingerprint density at radius 1 is 1.41 bits per heavy atom. The molecule has 0 aromatic rings. The highest BCUT2D eigenvalue weighted by Crippen LogP contribution is 2.15. The molecule has 0 N–H and O–H groups in total. The van der Waals surface area contributed by atoms with E-state index in [0.29, 0.717) is 5.92 Å². The van der Waals surface area contributed by atoms with Crippen molar-refractivity contribution < 1.29 is 14.3 Å². The maximum absolute atomic E-state index is 11.7. The molecule has 1 saturated heterocycles. The van der Waals surface area contributed by atoms with Gasteiger partial charge in [0.25, 0.3) is 0 Å². The lowest BCUT2D eigenvalue weighted by Gasteiger charge is -2.21. The van der Waals surface area contributed by atoms with Crippen LogP contribution in [0, 0.1) is 5.92 Å². The van der Waals surface area contributed by atoms with E-state index in [0.717, 1.165) is 26.1 Å². The number of amides is 1. The molecule has 1 rings (SSSR count). The van der Waals surface area contributed by atoms with Crippen LogP contribution < -0.4 is 0 Å². The van der Waals surface area contributed by atoms with Gasteiger partial charge in [-0.25, -0.2) is 0 Å². The van der Waals surface area contributed by atoms with Crippen molar-refractivity contribution in [2.45, 2.75) is 19.3 Å². The topological polar surface area (TPSA) is 49.9 Å². The molecule has 17 heavy (non-hydrogen) atoms. The average Bonchev–Trinajstić information content (AvgIpc) is 2.70. The molecule has 0 bridgehead atoms. The first kappa shape index (κ1) is 14.0. The molecule has 0 aromatic heterocycles. The summed E-state index contributed by atoms with van der Waals surface area (Å²) >= 11 is 0. The molecular weight excluding hydrogens is 220 g/mol. The van der Waals surface area contributed by atoms with Gasteiger partial charge in [0.05, 0.1) is 13.5 Å². The smallest absolute Gasteiger partial charge is 0.306 e. The number of nitrogens with zero attached hydrogens (tertiary/aromatic N) is 2. The molecule has 1 aliphatic heterocycles. The van der Waals surface area contributed by atoms with Crippen molar-refractivity contribution in [1.82, 2.24) is 9.80 Å². The normalized spacial score (nSPS) is 20.3. The molecule has 5 heteroatoms. The van der Waals surface area contributed by atoms with Gasteiger partial charge in [0.1, 0.15) is 0 Å². The highest BCUT2D eigenvalue weighted by atomic mass is 16.5. The Morgan fingerprint density at radius 2 is 2.12 bits per heavy atom. The first-order valence-corrected chi connectivity index (χ1v) is 6.02. The van der Waals surface area contributed by atoms with E-state index in [1.807, 2.05) is 0 Å². The summed E-state index contributed by atoms with van der Waals surface area (Å²) in [6, 6.07) is 0. The summed E-state index contributed by atoms with van der Waals surface area (Å²) in [5.41, 5.74) is 0. The summed E-state index contributed by atoms with van der Waals surface area (Å²) < 4.78 is 4.51. The summed E-state index contributed by atoms with van der Waals surface area (Å²) in [6.07, 6.45) is 1.56. The van der Waals surface area contributed by atoms with E-state index in [-0.39, 0.29) is 24.7 Å². The van der Waals surface area contributed by atoms with E-state index in [1.165, 1.54) is 7.11 Å². The zero-order chi connectivity index (χ0) is 12.8. The Morgan fingerprint density at radius 3 is 2.65 bits per heavy atom. The van der Waals surface area contributed by atoms with Crippen LogP contribution in [-0.4, -0.2) is 62.5 Å². The van der Waals surface area contributed by atoms with Gasteiger partial charge in [-0.2, -0.15) is 0 Å². The molecule has 0 spiro atoms. The van der Waals surface area contributed by atoms with Gasteiger partial charge in [-0.15, -0.1) is 0 Å². The third kappa shape index (κ3) is 4.73. The molecule has 1 fully saturated rings. The van der Waals surface area contributed by atoms with Crippen molar-refractivity contribution in [2.75, 3.05) is 40.8 Å². The van der Waals surface area contributed by atoms with Gasteiger partial charge in [0.15, 0.2) is 0 Å². The van der Waals surface area contributed by atoms with Crippen LogP contribution in [0.25, 0.3) is 0 Å². The van der Waals surface area contributed by atoms with E-state index in [1.54, 1.807) is 11.9 Å². The van der Waals surface area contributed by atoms with Crippen LogP contribution in [0.2, 0.25) is 0 Å². The van der Waals surface area contributed by atoms with Gasteiger partial charge in [-0.3, -0.25) is 9.59 Å². The summed E-state index contributed by atoms with van der Waals surface area (Å²) in [7, 11) is 5.24. The van der Waals surface area contributed by atoms with E-state index in [4.69, 9.17) is 0 Å². The number of ether oxygens (including phenoxy) is 1. The lowest BCUT2D eigenvalue weighted by Crippen LogP contribution is -2.33. The summed E-state index contributed by atoms with van der Waals surface area (Å²) in [6.45, 7) is 2.94. The Kier molecular flexibility index (Phi) is 5.41. The van der Waals surface area contributed by atoms with Crippen LogP contribution in [0.5, 0.6) is 0 Å². The number of hydrogen-bond donors (Lipinski definition) is 0. The Bertz CT molecular complexity index is 281. The number of likely N-dealkylation sites (tertiary alicyclic amines) is 1. The quantitative estimate of drug-likeness (QED) is 0.653. The molecule has 1 unspecified atom stereocenters. The van der Waals surface area contributed by atoms with E-state index < -0.39 is 0 Å². The largest absolute Gasteiger partial charge is 0.469 e. The van der Waals surface area contributed by atoms with Gasteiger partial charge in [-0.05, 0) is 25.9 Å². The lowest BCUT2D eigenvalue weighted by molar-refractivity contribution is -0.143. The van der Waals surface area contributed by atoms with Crippen molar-refractivity contribution >= 4 is 11.9 Å². The number of hydrogen-bond acceptors (Lipinski definition) is 4. The van der Waals surface area contributed by atoms with Gasteiger partial charge in [0.2, 0.25) is 5.91 Å². The third-order valence-corrected chi connectivity index (χ3v) is 3.22. The summed E-state index contributed by atoms with van der Waals surface area (Å²) in [4.78, 5) is 26.7. The lowest BCUT2D eigenvalue weighted by atomic mass is 10.1. The van der Waals surface area contributed by atoms with Crippen LogP contribution in [0.4, 0.5) is 0 Å². The van der Waals surface area contributed by atoms with E-state index >= 15 is 0 Å². The molecule has 0 radical (unpaired) electrons. The van der Waals surface area contributed by atoms with Crippen LogP contribution in [-0.2, 0) is 14.3 Å². The minimum absolute atomic E-state index is 0.0185. The van der Waals surface area contributed by atoms with Gasteiger partial charge >= 0.3 is 5.97 Å². The number of carbonyl (C=O) groups is 2. The standard InChI is InChI=1S/C12H22N2O3/c1-13-7-6-10(8-13)9-14(2)11(15)4-5-12(16)17-3/h10H,4-9H2,1-3H3. The molecule has 1 aliphatic rings. The zero-order valence-corrected chi connectivity index (χ0v) is 10.9. The molecule has 98 valence electrons. The van der Waals surface area contributed by atoms with Crippen LogP contribution in [0.1, 0.15) is 19.3 Å². The van der Waals surface area contributed by atoms with E-state index in [2.05, 4.69) is 16.7 Å². The zero-order valence-electron chi connectivity index (χ0n) is 10.9. The molecule has 0 saturated carbocycles. The second-order valence-corrected chi connectivity index (χ2v) is 4.77. The molecule has 1 amide bonds. The van der Waals surface area contributed by atoms with Gasteiger partial charge in [-0.1, -0.05) is 0 Å². The minimum atomic E-state index is -0.327. The van der Waals surface area contributed by atoms with Crippen molar-refractivity contribution in [3.05, 3.63) is 0 Å². The number of esters is 1. The first-order valence-electron chi connectivity index (χ1n) is 6.02. The summed E-state index contributed by atoms with van der Waals surface area (Å²) in [5, 5.41) is 0. The highest BCUT2D eigenvalue weighted by Gasteiger charge is 2.22. The number of methoxy groups -OCH3 is 1. The highest BCUT2D eigenvalue weighted by molar-refractivity contribution is 5.81. The number of carbonyl (C=O) groups excluding carboxylic acids is 2. The third-order valence-electron chi connectivity index (χ3n) is 3.22. The second-order valence-electron chi connectivity index (χ2n) is 4.77. The SMILES string of the molecule is COC(=O)CCC(=O)N(C)CC1CCN(C)C1. The molecule has 5 nitrogen and oxygen atoms in total. The van der Waals surface area contributed by atoms with Crippen molar-refractivity contribution in [1.29, 1.82) is 0 Å². The Labute approximate surface area is 103 Å². The van der Waals surface area contributed by atoms with Gasteiger partial charge in [0, 0.05) is 26.6 Å². The number of rotatable bonds is 5. The monoisotopic (exact) mass is 242 g/mol. The van der Waals surface area contributed by atoms with Crippen LogP contribution in [0.3, 0.4) is 0 Å². The molecule has 1 atom stereocenters. The minimum Gasteiger partial charge on any atom is -0.469 e. The van der Waals surface area contributed by atoms with Crippen LogP contribution >= 0.6 is 0 Å². The summed E-state index contributed by atoms with van der Waals surface area (Å²) in [5.74, 6) is 0.254. The maximum Gasteiger partial charge on any atom is 0.306 e. The molecular formula is C12H22N2O3. The maximum atomic E-state index is 11.7. The Balaban J connectivity index is 2.24. The predicted octanol–water partition coefficient (Wildman–Crippen LogP) is 0.350. The van der Waals surface area contributed by atoms with Crippen molar-refractivity contribution in [3.63, 3.8) is 0 Å². The second kappa shape index (κ2) is 6.59. The van der Waals surface area contributed by atoms with Crippen LogP contribution in [0.15, 0.2) is 0 Å². The first-order chi connectivity index (χ1) is 8.02. The molecule has 0 aliphatic carbocycles. The van der Waals surface area contributed by atoms with Crippen molar-refractivity contribution in [2.24, 2.45) is 5.92 Å². The fourth-order valence-electron chi connectivity index (χ4n) is 2.17.